The molecule has 0 bridgehead atoms. The van der Waals surface area contributed by atoms with Crippen LogP contribution in [0.15, 0.2) is 46.6 Å². The van der Waals surface area contributed by atoms with E-state index >= 15 is 0 Å². The molecule has 2 nitrogen and oxygen atoms in total. The van der Waals surface area contributed by atoms with Gasteiger partial charge in [0.05, 0.1) is 18.0 Å². The summed E-state index contributed by atoms with van der Waals surface area (Å²) in [5, 5.41) is 8.05. The maximum Gasteiger partial charge on any atom is 0.135 e. The zero-order chi connectivity index (χ0) is 15.2. The standard InChI is InChI=1S/C16H13ClF2N2/c1-2-11-7-15(18)14(16(19)8-11)10-21-20-9-12-3-5-13(17)6-4-12/h3-10H,2H2,1H3/b20-9+,21-10+. The minimum atomic E-state index is -0.641. The van der Waals surface area contributed by atoms with Gasteiger partial charge < -0.3 is 0 Å². The van der Waals surface area contributed by atoms with Gasteiger partial charge in [-0.15, -0.1) is 0 Å². The van der Waals surface area contributed by atoms with E-state index in [0.717, 1.165) is 11.8 Å². The Kier molecular flexibility index (Phi) is 5.17. The number of hydrogen-bond acceptors (Lipinski definition) is 2. The number of nitrogens with zero attached hydrogens (tertiary/aromatic N) is 2. The average molecular weight is 307 g/mol. The lowest BCUT2D eigenvalue weighted by molar-refractivity contribution is 0.577. The lowest BCUT2D eigenvalue weighted by Gasteiger charge is -2.01. The zero-order valence-electron chi connectivity index (χ0n) is 11.4. The van der Waals surface area contributed by atoms with Gasteiger partial charge in [0.2, 0.25) is 0 Å². The molecule has 0 N–H and O–H groups in total. The van der Waals surface area contributed by atoms with Crippen molar-refractivity contribution in [3.63, 3.8) is 0 Å². The fraction of sp³-hybridized carbons (Fsp3) is 0.125. The third-order valence-electron chi connectivity index (χ3n) is 2.88. The highest BCUT2D eigenvalue weighted by Crippen LogP contribution is 2.14. The molecule has 0 aromatic heterocycles. The van der Waals surface area contributed by atoms with Crippen LogP contribution in [0, 0.1) is 11.6 Å². The Morgan fingerprint density at radius 3 is 2.14 bits per heavy atom. The Morgan fingerprint density at radius 1 is 1.00 bits per heavy atom. The summed E-state index contributed by atoms with van der Waals surface area (Å²) in [5.74, 6) is -1.28. The summed E-state index contributed by atoms with van der Waals surface area (Å²) in [4.78, 5) is 0. The van der Waals surface area contributed by atoms with Crippen LogP contribution in [0.3, 0.4) is 0 Å². The summed E-state index contributed by atoms with van der Waals surface area (Å²) in [7, 11) is 0. The van der Waals surface area contributed by atoms with E-state index < -0.39 is 11.6 Å². The molecule has 0 fully saturated rings. The van der Waals surface area contributed by atoms with Gasteiger partial charge in [-0.1, -0.05) is 30.7 Å². The Hall–Kier alpha value is -2.07. The van der Waals surface area contributed by atoms with E-state index in [-0.39, 0.29) is 5.56 Å². The number of hydrogen-bond donors (Lipinski definition) is 0. The van der Waals surface area contributed by atoms with Crippen LogP contribution in [-0.4, -0.2) is 12.4 Å². The molecule has 2 aromatic carbocycles. The van der Waals surface area contributed by atoms with Crippen LogP contribution >= 0.6 is 11.6 Å². The van der Waals surface area contributed by atoms with Gasteiger partial charge in [0.1, 0.15) is 11.6 Å². The molecule has 0 heterocycles. The van der Waals surface area contributed by atoms with Crippen molar-refractivity contribution in [2.24, 2.45) is 10.2 Å². The van der Waals surface area contributed by atoms with Gasteiger partial charge >= 0.3 is 0 Å². The Labute approximate surface area is 126 Å². The SMILES string of the molecule is CCc1cc(F)c(/C=N/N=C/c2ccc(Cl)cc2)c(F)c1. The number of benzene rings is 2. The highest BCUT2D eigenvalue weighted by molar-refractivity contribution is 6.30. The van der Waals surface area contributed by atoms with E-state index in [2.05, 4.69) is 10.2 Å². The minimum absolute atomic E-state index is 0.194. The summed E-state index contributed by atoms with van der Waals surface area (Å²) >= 11 is 5.76. The predicted octanol–water partition coefficient (Wildman–Crippen LogP) is 4.63. The van der Waals surface area contributed by atoms with Crippen LogP contribution in [0.2, 0.25) is 5.02 Å². The average Bonchev–Trinajstić information content (AvgIpc) is 2.47. The summed E-state index contributed by atoms with van der Waals surface area (Å²) in [6.07, 6.45) is 3.11. The van der Waals surface area contributed by atoms with Gasteiger partial charge in [-0.05, 0) is 41.8 Å². The second-order valence-corrected chi connectivity index (χ2v) is 4.80. The van der Waals surface area contributed by atoms with Gasteiger partial charge in [-0.25, -0.2) is 8.78 Å². The monoisotopic (exact) mass is 306 g/mol. The fourth-order valence-corrected chi connectivity index (χ4v) is 1.83. The first-order valence-corrected chi connectivity index (χ1v) is 6.78. The molecule has 0 spiro atoms. The van der Waals surface area contributed by atoms with Crippen LogP contribution in [0.25, 0.3) is 0 Å². The van der Waals surface area contributed by atoms with E-state index in [1.165, 1.54) is 18.3 Å². The molecule has 108 valence electrons. The smallest absolute Gasteiger partial charge is 0.135 e. The molecule has 0 unspecified atom stereocenters. The molecule has 2 aromatic rings. The van der Waals surface area contributed by atoms with Gasteiger partial charge in [0.25, 0.3) is 0 Å². The predicted molar refractivity (Wildman–Crippen MR) is 82.4 cm³/mol. The van der Waals surface area contributed by atoms with Crippen molar-refractivity contribution in [2.75, 3.05) is 0 Å². The molecule has 21 heavy (non-hydrogen) atoms. The third-order valence-corrected chi connectivity index (χ3v) is 3.13. The van der Waals surface area contributed by atoms with Crippen molar-refractivity contribution in [3.05, 3.63) is 69.7 Å². The molecule has 0 saturated heterocycles. The third kappa shape index (κ3) is 4.20. The molecule has 0 saturated carbocycles. The van der Waals surface area contributed by atoms with E-state index in [9.17, 15) is 8.78 Å². The van der Waals surface area contributed by atoms with Crippen LogP contribution < -0.4 is 0 Å². The quantitative estimate of drug-likeness (QED) is 0.581. The van der Waals surface area contributed by atoms with Crippen molar-refractivity contribution in [3.8, 4) is 0 Å². The van der Waals surface area contributed by atoms with Gasteiger partial charge in [-0.3, -0.25) is 0 Å². The topological polar surface area (TPSA) is 24.7 Å². The summed E-state index contributed by atoms with van der Waals surface area (Å²) in [6.45, 7) is 1.83. The molecule has 0 amide bonds. The molecule has 5 heteroatoms. The maximum absolute atomic E-state index is 13.7. The van der Waals surface area contributed by atoms with Gasteiger partial charge in [0, 0.05) is 5.02 Å². The maximum atomic E-state index is 13.7. The van der Waals surface area contributed by atoms with Crippen molar-refractivity contribution in [1.82, 2.24) is 0 Å². The van der Waals surface area contributed by atoms with Gasteiger partial charge in [0.15, 0.2) is 0 Å². The van der Waals surface area contributed by atoms with Crippen LogP contribution in [-0.2, 0) is 6.42 Å². The molecular formula is C16H13ClF2N2. The van der Waals surface area contributed by atoms with Crippen LogP contribution in [0.1, 0.15) is 23.6 Å². The van der Waals surface area contributed by atoms with Crippen molar-refractivity contribution < 1.29 is 8.78 Å². The van der Waals surface area contributed by atoms with Crippen LogP contribution in [0.5, 0.6) is 0 Å². The Bertz CT molecular complexity index is 656. The zero-order valence-corrected chi connectivity index (χ0v) is 12.1. The molecule has 2 rings (SSSR count). The first-order valence-electron chi connectivity index (χ1n) is 6.40. The Balaban J connectivity index is 2.13. The molecule has 0 atom stereocenters. The fourth-order valence-electron chi connectivity index (χ4n) is 1.70. The summed E-state index contributed by atoms with van der Waals surface area (Å²) in [5.41, 5.74) is 1.20. The second-order valence-electron chi connectivity index (χ2n) is 4.37. The van der Waals surface area contributed by atoms with E-state index in [0.29, 0.717) is 17.0 Å². The number of aryl methyl sites for hydroxylation is 1. The lowest BCUT2D eigenvalue weighted by Crippen LogP contribution is -1.96. The van der Waals surface area contributed by atoms with Gasteiger partial charge in [-0.2, -0.15) is 10.2 Å². The van der Waals surface area contributed by atoms with Crippen molar-refractivity contribution >= 4 is 24.0 Å². The second kappa shape index (κ2) is 7.09. The first kappa shape index (κ1) is 15.3. The normalized spacial score (nSPS) is 11.6. The van der Waals surface area contributed by atoms with E-state index in [4.69, 9.17) is 11.6 Å². The first-order chi connectivity index (χ1) is 10.1. The summed E-state index contributed by atoms with van der Waals surface area (Å²) < 4.78 is 27.4. The molecule has 0 aliphatic heterocycles. The molecule has 0 aliphatic rings. The minimum Gasteiger partial charge on any atom is -0.206 e. The Morgan fingerprint density at radius 2 is 1.57 bits per heavy atom. The van der Waals surface area contributed by atoms with E-state index in [1.807, 2.05) is 6.92 Å². The largest absolute Gasteiger partial charge is 0.206 e. The lowest BCUT2D eigenvalue weighted by atomic mass is 10.1. The number of rotatable bonds is 4. The highest BCUT2D eigenvalue weighted by Gasteiger charge is 2.08. The van der Waals surface area contributed by atoms with Crippen molar-refractivity contribution in [1.29, 1.82) is 0 Å². The molecule has 0 radical (unpaired) electrons. The highest BCUT2D eigenvalue weighted by atomic mass is 35.5. The van der Waals surface area contributed by atoms with Crippen molar-refractivity contribution in [2.45, 2.75) is 13.3 Å². The number of halogens is 3. The molecule has 0 aliphatic carbocycles. The van der Waals surface area contributed by atoms with E-state index in [1.54, 1.807) is 24.3 Å². The summed E-state index contributed by atoms with van der Waals surface area (Å²) in [6, 6.07) is 9.56. The molecular weight excluding hydrogens is 294 g/mol. The van der Waals surface area contributed by atoms with Crippen LogP contribution in [0.4, 0.5) is 8.78 Å².